The molecule has 18 heavy (non-hydrogen) atoms. The van der Waals surface area contributed by atoms with Crippen molar-refractivity contribution in [3.63, 3.8) is 0 Å². The van der Waals surface area contributed by atoms with Crippen molar-refractivity contribution >= 4 is 11.3 Å². The molecule has 0 aliphatic heterocycles. The van der Waals surface area contributed by atoms with Gasteiger partial charge in [-0.15, -0.1) is 11.3 Å². The molecule has 0 spiro atoms. The van der Waals surface area contributed by atoms with Crippen molar-refractivity contribution in [3.8, 4) is 5.88 Å². The number of nitrogens with zero attached hydrogens (tertiary/aromatic N) is 2. The van der Waals surface area contributed by atoms with Crippen LogP contribution in [0.25, 0.3) is 0 Å². The van der Waals surface area contributed by atoms with Crippen LogP contribution in [0.2, 0.25) is 0 Å². The molecular formula is C13H17N3OS. The molecule has 1 N–H and O–H groups in total. The highest BCUT2D eigenvalue weighted by Crippen LogP contribution is 2.16. The van der Waals surface area contributed by atoms with Crippen molar-refractivity contribution in [2.75, 3.05) is 0 Å². The van der Waals surface area contributed by atoms with Crippen LogP contribution < -0.4 is 10.1 Å². The highest BCUT2D eigenvalue weighted by molar-refractivity contribution is 7.09. The van der Waals surface area contributed by atoms with Crippen LogP contribution in [-0.4, -0.2) is 16.0 Å². The first-order valence-electron chi connectivity index (χ1n) is 5.93. The van der Waals surface area contributed by atoms with Gasteiger partial charge in [-0.05, 0) is 11.4 Å². The van der Waals surface area contributed by atoms with Gasteiger partial charge in [-0.3, -0.25) is 0 Å². The van der Waals surface area contributed by atoms with E-state index in [0.717, 1.165) is 12.1 Å². The number of ether oxygens (including phenoxy) is 1. The molecule has 0 fully saturated rings. The Bertz CT molecular complexity index is 471. The zero-order chi connectivity index (χ0) is 12.8. The van der Waals surface area contributed by atoms with Crippen molar-refractivity contribution in [1.82, 2.24) is 15.3 Å². The van der Waals surface area contributed by atoms with Gasteiger partial charge < -0.3 is 10.1 Å². The van der Waals surface area contributed by atoms with Gasteiger partial charge in [0.1, 0.15) is 12.9 Å². The van der Waals surface area contributed by atoms with Crippen LogP contribution >= 0.6 is 11.3 Å². The molecule has 0 saturated heterocycles. The van der Waals surface area contributed by atoms with Crippen LogP contribution in [0.15, 0.2) is 30.0 Å². The normalized spacial score (nSPS) is 10.8. The molecule has 0 saturated carbocycles. The summed E-state index contributed by atoms with van der Waals surface area (Å²) in [4.78, 5) is 9.42. The van der Waals surface area contributed by atoms with Gasteiger partial charge in [-0.1, -0.05) is 19.9 Å². The van der Waals surface area contributed by atoms with Crippen molar-refractivity contribution < 1.29 is 4.74 Å². The minimum atomic E-state index is 0.426. The van der Waals surface area contributed by atoms with Crippen LogP contribution in [0.3, 0.4) is 0 Å². The number of thiophene rings is 1. The van der Waals surface area contributed by atoms with E-state index >= 15 is 0 Å². The van der Waals surface area contributed by atoms with E-state index in [1.54, 1.807) is 17.5 Å². The maximum atomic E-state index is 5.73. The van der Waals surface area contributed by atoms with Gasteiger partial charge in [-0.25, -0.2) is 9.97 Å². The fraction of sp³-hybridized carbons (Fsp3) is 0.385. The fourth-order valence-electron chi connectivity index (χ4n) is 1.45. The predicted molar refractivity (Wildman–Crippen MR) is 72.7 cm³/mol. The Labute approximate surface area is 111 Å². The molecule has 4 nitrogen and oxygen atoms in total. The molecule has 0 aliphatic rings. The van der Waals surface area contributed by atoms with E-state index in [-0.39, 0.29) is 0 Å². The van der Waals surface area contributed by atoms with Crippen LogP contribution in [0.4, 0.5) is 0 Å². The second-order valence-corrected chi connectivity index (χ2v) is 5.29. The molecule has 96 valence electrons. The minimum Gasteiger partial charge on any atom is -0.472 e. The van der Waals surface area contributed by atoms with Gasteiger partial charge in [-0.2, -0.15) is 0 Å². The summed E-state index contributed by atoms with van der Waals surface area (Å²) in [6.07, 6.45) is 3.31. The third kappa shape index (κ3) is 3.78. The second kappa shape index (κ2) is 6.47. The number of hydrogen-bond donors (Lipinski definition) is 1. The molecule has 2 rings (SSSR count). The second-order valence-electron chi connectivity index (χ2n) is 4.26. The molecule has 0 unspecified atom stereocenters. The number of aromatic nitrogens is 2. The standard InChI is InChI=1S/C13H17N3OS/c1-10(2)15-7-11-6-14-9-16-13(11)17-8-12-4-3-5-18-12/h3-6,9-10,15H,7-8H2,1-2H3. The molecule has 0 amide bonds. The number of nitrogens with one attached hydrogen (secondary N) is 1. The smallest absolute Gasteiger partial charge is 0.221 e. The third-order valence-corrected chi connectivity index (χ3v) is 3.23. The highest BCUT2D eigenvalue weighted by Gasteiger charge is 2.06. The summed E-state index contributed by atoms with van der Waals surface area (Å²) >= 11 is 1.68. The van der Waals surface area contributed by atoms with E-state index in [9.17, 15) is 0 Å². The topological polar surface area (TPSA) is 47.0 Å². The highest BCUT2D eigenvalue weighted by atomic mass is 32.1. The van der Waals surface area contributed by atoms with Gasteiger partial charge in [0.15, 0.2) is 0 Å². The molecule has 0 radical (unpaired) electrons. The summed E-state index contributed by atoms with van der Waals surface area (Å²) < 4.78 is 5.73. The average Bonchev–Trinajstić information content (AvgIpc) is 2.88. The summed E-state index contributed by atoms with van der Waals surface area (Å²) in [5.74, 6) is 0.659. The number of rotatable bonds is 6. The fourth-order valence-corrected chi connectivity index (χ4v) is 2.06. The Hall–Kier alpha value is -1.46. The van der Waals surface area contributed by atoms with Crippen LogP contribution in [-0.2, 0) is 13.2 Å². The zero-order valence-corrected chi connectivity index (χ0v) is 11.4. The summed E-state index contributed by atoms with van der Waals surface area (Å²) in [6.45, 7) is 5.49. The van der Waals surface area contributed by atoms with E-state index in [4.69, 9.17) is 4.74 Å². The number of hydrogen-bond acceptors (Lipinski definition) is 5. The third-order valence-electron chi connectivity index (χ3n) is 2.38. The van der Waals surface area contributed by atoms with E-state index in [1.165, 1.54) is 11.2 Å². The summed E-state index contributed by atoms with van der Waals surface area (Å²) in [5, 5.41) is 5.38. The lowest BCUT2D eigenvalue weighted by Gasteiger charge is -2.11. The molecule has 0 aromatic carbocycles. The van der Waals surface area contributed by atoms with Crippen molar-refractivity contribution in [2.45, 2.75) is 33.0 Å². The van der Waals surface area contributed by atoms with E-state index in [2.05, 4.69) is 35.2 Å². The molecule has 0 atom stereocenters. The molecular weight excluding hydrogens is 246 g/mol. The van der Waals surface area contributed by atoms with Crippen molar-refractivity contribution in [3.05, 3.63) is 40.5 Å². The van der Waals surface area contributed by atoms with Gasteiger partial charge in [0, 0.05) is 29.2 Å². The maximum absolute atomic E-state index is 5.73. The summed E-state index contributed by atoms with van der Waals surface area (Å²) in [6, 6.07) is 4.50. The SMILES string of the molecule is CC(C)NCc1cncnc1OCc1cccs1. The zero-order valence-electron chi connectivity index (χ0n) is 10.6. The van der Waals surface area contributed by atoms with Gasteiger partial charge >= 0.3 is 0 Å². The first kappa shape index (κ1) is 13.0. The van der Waals surface area contributed by atoms with E-state index in [0.29, 0.717) is 18.5 Å². The lowest BCUT2D eigenvalue weighted by atomic mass is 10.3. The van der Waals surface area contributed by atoms with Crippen LogP contribution in [0.5, 0.6) is 5.88 Å². The molecule has 5 heteroatoms. The molecule has 2 aromatic heterocycles. The Morgan fingerprint density at radius 3 is 3.06 bits per heavy atom. The van der Waals surface area contributed by atoms with E-state index in [1.807, 2.05) is 11.4 Å². The summed E-state index contributed by atoms with van der Waals surface area (Å²) in [5.41, 5.74) is 0.989. The molecule has 0 bridgehead atoms. The first-order valence-corrected chi connectivity index (χ1v) is 6.81. The Morgan fingerprint density at radius 1 is 1.44 bits per heavy atom. The molecule has 2 aromatic rings. The first-order chi connectivity index (χ1) is 8.75. The maximum Gasteiger partial charge on any atom is 0.221 e. The van der Waals surface area contributed by atoms with Gasteiger partial charge in [0.2, 0.25) is 5.88 Å². The predicted octanol–water partition coefficient (Wildman–Crippen LogP) is 2.62. The van der Waals surface area contributed by atoms with E-state index < -0.39 is 0 Å². The average molecular weight is 263 g/mol. The van der Waals surface area contributed by atoms with Crippen LogP contribution in [0.1, 0.15) is 24.3 Å². The monoisotopic (exact) mass is 263 g/mol. The minimum absolute atomic E-state index is 0.426. The molecule has 2 heterocycles. The van der Waals surface area contributed by atoms with Crippen molar-refractivity contribution in [2.24, 2.45) is 0 Å². The largest absolute Gasteiger partial charge is 0.472 e. The Morgan fingerprint density at radius 2 is 2.33 bits per heavy atom. The Balaban J connectivity index is 1.98. The summed E-state index contributed by atoms with van der Waals surface area (Å²) in [7, 11) is 0. The van der Waals surface area contributed by atoms with Gasteiger partial charge in [0.25, 0.3) is 0 Å². The lowest BCUT2D eigenvalue weighted by Crippen LogP contribution is -2.22. The van der Waals surface area contributed by atoms with Crippen LogP contribution in [0, 0.1) is 0 Å². The lowest BCUT2D eigenvalue weighted by molar-refractivity contribution is 0.291. The molecule has 0 aliphatic carbocycles. The van der Waals surface area contributed by atoms with Crippen molar-refractivity contribution in [1.29, 1.82) is 0 Å². The van der Waals surface area contributed by atoms with Gasteiger partial charge in [0.05, 0.1) is 0 Å². The Kier molecular flexibility index (Phi) is 4.66. The quantitative estimate of drug-likeness (QED) is 0.870.